The Morgan fingerprint density at radius 2 is 1.53 bits per heavy atom. The normalized spacial score (nSPS) is 10.9. The molecule has 2 N–H and O–H groups in total. The van der Waals surface area contributed by atoms with Crippen molar-refractivity contribution >= 4 is 64.2 Å². The van der Waals surface area contributed by atoms with Crippen LogP contribution < -0.4 is 10.6 Å². The van der Waals surface area contributed by atoms with Crippen molar-refractivity contribution in [1.82, 2.24) is 14.8 Å². The highest BCUT2D eigenvalue weighted by molar-refractivity contribution is 6.35. The van der Waals surface area contributed by atoms with Crippen LogP contribution in [0.15, 0.2) is 59.2 Å². The Morgan fingerprint density at radius 1 is 0.906 bits per heavy atom. The molecule has 4 aromatic rings. The quantitative estimate of drug-likeness (QED) is 0.299. The molecule has 7 nitrogen and oxygen atoms in total. The van der Waals surface area contributed by atoms with Gasteiger partial charge in [-0.05, 0) is 47.5 Å². The van der Waals surface area contributed by atoms with Crippen LogP contribution in [0.3, 0.4) is 0 Å². The molecule has 0 amide bonds. The molecule has 0 bridgehead atoms. The number of nitrogens with one attached hydrogen (secondary N) is 2. The molecule has 2 heterocycles. The molecular formula is C21H15Cl4N5O2. The highest BCUT2D eigenvalue weighted by Gasteiger charge is 2.20. The van der Waals surface area contributed by atoms with E-state index >= 15 is 0 Å². The lowest BCUT2D eigenvalue weighted by atomic mass is 10.2. The summed E-state index contributed by atoms with van der Waals surface area (Å²) in [7, 11) is 0. The van der Waals surface area contributed by atoms with Crippen LogP contribution in [-0.4, -0.2) is 20.7 Å². The van der Waals surface area contributed by atoms with Gasteiger partial charge in [0.2, 0.25) is 11.9 Å². The molecule has 0 saturated carbocycles. The predicted molar refractivity (Wildman–Crippen MR) is 126 cm³/mol. The van der Waals surface area contributed by atoms with E-state index in [2.05, 4.69) is 20.7 Å². The van der Waals surface area contributed by atoms with Gasteiger partial charge in [0.1, 0.15) is 0 Å². The van der Waals surface area contributed by atoms with Gasteiger partial charge in [-0.2, -0.15) is 9.67 Å². The topological polar surface area (TPSA) is 85.0 Å². The van der Waals surface area contributed by atoms with E-state index in [1.165, 1.54) is 6.26 Å². The third-order valence-electron chi connectivity index (χ3n) is 4.44. The SMILES string of the molecule is O=C(c1ccco1)n1nc(NCc2ccc(Cl)cc2Cl)nc1NCc1ccc(Cl)cc1Cl. The first kappa shape index (κ1) is 22.5. The summed E-state index contributed by atoms with van der Waals surface area (Å²) < 4.78 is 6.33. The van der Waals surface area contributed by atoms with Crippen LogP contribution in [0.1, 0.15) is 21.7 Å². The fourth-order valence-electron chi connectivity index (χ4n) is 2.83. The number of furan rings is 1. The summed E-state index contributed by atoms with van der Waals surface area (Å²) in [4.78, 5) is 17.2. The van der Waals surface area contributed by atoms with E-state index in [4.69, 9.17) is 50.8 Å². The van der Waals surface area contributed by atoms with Gasteiger partial charge in [0.25, 0.3) is 0 Å². The lowest BCUT2D eigenvalue weighted by molar-refractivity contribution is 0.0920. The average molecular weight is 511 g/mol. The molecular weight excluding hydrogens is 496 g/mol. The molecule has 0 fully saturated rings. The molecule has 0 saturated heterocycles. The Bertz CT molecular complexity index is 1260. The van der Waals surface area contributed by atoms with Crippen LogP contribution in [0, 0.1) is 0 Å². The average Bonchev–Trinajstić information content (AvgIpc) is 3.42. The van der Waals surface area contributed by atoms with Crippen molar-refractivity contribution in [3.63, 3.8) is 0 Å². The molecule has 0 aliphatic rings. The Labute approximate surface area is 203 Å². The minimum absolute atomic E-state index is 0.120. The van der Waals surface area contributed by atoms with Gasteiger partial charge < -0.3 is 15.1 Å². The summed E-state index contributed by atoms with van der Waals surface area (Å²) in [6.07, 6.45) is 1.41. The van der Waals surface area contributed by atoms with Gasteiger partial charge >= 0.3 is 5.91 Å². The van der Waals surface area contributed by atoms with Crippen LogP contribution in [-0.2, 0) is 13.1 Å². The summed E-state index contributed by atoms with van der Waals surface area (Å²) in [6.45, 7) is 0.625. The number of halogens is 4. The maximum Gasteiger partial charge on any atom is 0.317 e. The van der Waals surface area contributed by atoms with Crippen LogP contribution in [0.5, 0.6) is 0 Å². The number of aromatic nitrogens is 3. The number of benzene rings is 2. The van der Waals surface area contributed by atoms with E-state index in [-0.39, 0.29) is 17.7 Å². The van der Waals surface area contributed by atoms with Crippen molar-refractivity contribution in [2.75, 3.05) is 10.6 Å². The molecule has 2 aromatic heterocycles. The minimum Gasteiger partial charge on any atom is -0.459 e. The van der Waals surface area contributed by atoms with Gasteiger partial charge in [0.15, 0.2) is 5.76 Å². The first-order valence-electron chi connectivity index (χ1n) is 9.31. The second kappa shape index (κ2) is 9.83. The number of anilines is 2. The molecule has 164 valence electrons. The monoisotopic (exact) mass is 509 g/mol. The van der Waals surface area contributed by atoms with Crippen molar-refractivity contribution in [2.24, 2.45) is 0 Å². The second-order valence-electron chi connectivity index (χ2n) is 6.63. The second-order valence-corrected chi connectivity index (χ2v) is 8.32. The van der Waals surface area contributed by atoms with Crippen LogP contribution >= 0.6 is 46.4 Å². The fourth-order valence-corrected chi connectivity index (χ4v) is 3.78. The van der Waals surface area contributed by atoms with Crippen LogP contribution in [0.2, 0.25) is 20.1 Å². The fraction of sp³-hybridized carbons (Fsp3) is 0.0952. The van der Waals surface area contributed by atoms with E-state index in [1.54, 1.807) is 48.5 Å². The number of rotatable bonds is 7. The molecule has 0 aliphatic heterocycles. The zero-order valence-electron chi connectivity index (χ0n) is 16.3. The smallest absolute Gasteiger partial charge is 0.317 e. The summed E-state index contributed by atoms with van der Waals surface area (Å²) in [6, 6.07) is 13.5. The van der Waals surface area contributed by atoms with Gasteiger partial charge in [0, 0.05) is 33.2 Å². The Kier molecular flexibility index (Phi) is 6.91. The third kappa shape index (κ3) is 5.19. The van der Waals surface area contributed by atoms with E-state index in [0.29, 0.717) is 33.2 Å². The van der Waals surface area contributed by atoms with Crippen molar-refractivity contribution in [3.05, 3.63) is 91.8 Å². The lowest BCUT2D eigenvalue weighted by Gasteiger charge is -2.08. The lowest BCUT2D eigenvalue weighted by Crippen LogP contribution is -2.17. The van der Waals surface area contributed by atoms with Crippen molar-refractivity contribution in [3.8, 4) is 0 Å². The zero-order valence-corrected chi connectivity index (χ0v) is 19.3. The van der Waals surface area contributed by atoms with E-state index in [1.807, 2.05) is 0 Å². The molecule has 4 rings (SSSR count). The number of hydrogen-bond donors (Lipinski definition) is 2. The summed E-state index contributed by atoms with van der Waals surface area (Å²) in [5.41, 5.74) is 1.57. The van der Waals surface area contributed by atoms with E-state index in [9.17, 15) is 4.79 Å². The van der Waals surface area contributed by atoms with Gasteiger partial charge in [-0.15, -0.1) is 5.10 Å². The highest BCUT2D eigenvalue weighted by atomic mass is 35.5. The van der Waals surface area contributed by atoms with Crippen molar-refractivity contribution < 1.29 is 9.21 Å². The predicted octanol–water partition coefficient (Wildman–Crippen LogP) is 6.40. The third-order valence-corrected chi connectivity index (χ3v) is 5.61. The number of hydrogen-bond acceptors (Lipinski definition) is 6. The summed E-state index contributed by atoms with van der Waals surface area (Å²) in [5.74, 6) is 0.0716. The molecule has 2 aromatic carbocycles. The van der Waals surface area contributed by atoms with Crippen LogP contribution in [0.4, 0.5) is 11.9 Å². The largest absolute Gasteiger partial charge is 0.459 e. The number of carbonyl (C=O) groups excluding carboxylic acids is 1. The zero-order chi connectivity index (χ0) is 22.7. The Morgan fingerprint density at radius 3 is 2.09 bits per heavy atom. The molecule has 0 atom stereocenters. The number of nitrogens with zero attached hydrogens (tertiary/aromatic N) is 3. The van der Waals surface area contributed by atoms with Gasteiger partial charge in [-0.1, -0.05) is 58.5 Å². The van der Waals surface area contributed by atoms with Crippen molar-refractivity contribution in [1.29, 1.82) is 0 Å². The molecule has 0 unspecified atom stereocenters. The Balaban J connectivity index is 1.57. The molecule has 0 aliphatic carbocycles. The standard InChI is InChI=1S/C21H15Cl4N5O2/c22-14-5-3-12(16(24)8-14)10-26-20-28-21(27-11-13-4-6-15(23)9-17(13)25)30(29-20)19(31)18-2-1-7-32-18/h1-9H,10-11H2,(H2,26,27,28,29). The van der Waals surface area contributed by atoms with Crippen LogP contribution in [0.25, 0.3) is 0 Å². The maximum absolute atomic E-state index is 12.8. The first-order valence-corrected chi connectivity index (χ1v) is 10.8. The highest BCUT2D eigenvalue weighted by Crippen LogP contribution is 2.24. The number of carbonyl (C=O) groups is 1. The van der Waals surface area contributed by atoms with E-state index in [0.717, 1.165) is 15.8 Å². The summed E-state index contributed by atoms with van der Waals surface area (Å²) >= 11 is 24.4. The van der Waals surface area contributed by atoms with E-state index < -0.39 is 5.91 Å². The molecule has 0 radical (unpaired) electrons. The maximum atomic E-state index is 12.8. The molecule has 11 heteroatoms. The van der Waals surface area contributed by atoms with Gasteiger partial charge in [-0.3, -0.25) is 4.79 Å². The summed E-state index contributed by atoms with van der Waals surface area (Å²) in [5, 5.41) is 12.5. The molecule has 0 spiro atoms. The first-order chi connectivity index (χ1) is 15.4. The molecule has 32 heavy (non-hydrogen) atoms. The van der Waals surface area contributed by atoms with Gasteiger partial charge in [0.05, 0.1) is 6.26 Å². The van der Waals surface area contributed by atoms with Gasteiger partial charge in [-0.25, -0.2) is 0 Å². The van der Waals surface area contributed by atoms with Crippen molar-refractivity contribution in [2.45, 2.75) is 13.1 Å². The minimum atomic E-state index is -0.482. The Hall–Kier alpha value is -2.71.